The Morgan fingerprint density at radius 1 is 1.12 bits per heavy atom. The second-order valence-corrected chi connectivity index (χ2v) is 8.47. The van der Waals surface area contributed by atoms with E-state index in [1.165, 1.54) is 30.2 Å². The van der Waals surface area contributed by atoms with Gasteiger partial charge in [-0.15, -0.1) is 0 Å². The van der Waals surface area contributed by atoms with Crippen molar-refractivity contribution in [2.24, 2.45) is 0 Å². The molecule has 0 radical (unpaired) electrons. The van der Waals surface area contributed by atoms with Gasteiger partial charge in [0.1, 0.15) is 5.82 Å². The number of carbonyl (C=O) groups excluding carboxylic acids is 2. The van der Waals surface area contributed by atoms with Crippen molar-refractivity contribution in [2.45, 2.75) is 38.1 Å². The Kier molecular flexibility index (Phi) is 7.40. The van der Waals surface area contributed by atoms with Crippen LogP contribution in [0.25, 0.3) is 10.9 Å². The SMILES string of the molecule is COC(=O)CCCCCNC(=O)CN1CCc2c([nH]c3ccccc23)C1c1ccc(F)cc1. The highest BCUT2D eigenvalue weighted by Crippen LogP contribution is 2.38. The number of fused-ring (bicyclic) bond motifs is 3. The monoisotopic (exact) mass is 451 g/mol. The zero-order valence-corrected chi connectivity index (χ0v) is 18.9. The molecule has 1 aliphatic rings. The van der Waals surface area contributed by atoms with Crippen LogP contribution in [0.1, 0.15) is 48.5 Å². The summed E-state index contributed by atoms with van der Waals surface area (Å²) in [7, 11) is 1.39. The van der Waals surface area contributed by atoms with Crippen LogP contribution in [0.3, 0.4) is 0 Å². The number of H-pyrrole nitrogens is 1. The van der Waals surface area contributed by atoms with Gasteiger partial charge >= 0.3 is 5.97 Å². The zero-order chi connectivity index (χ0) is 23.2. The first-order valence-electron chi connectivity index (χ1n) is 11.5. The number of rotatable bonds is 9. The summed E-state index contributed by atoms with van der Waals surface area (Å²) < 4.78 is 18.2. The predicted molar refractivity (Wildman–Crippen MR) is 125 cm³/mol. The van der Waals surface area contributed by atoms with Gasteiger partial charge in [0.05, 0.1) is 19.7 Å². The molecule has 7 heteroatoms. The highest BCUT2D eigenvalue weighted by molar-refractivity contribution is 5.85. The third-order valence-electron chi connectivity index (χ3n) is 6.27. The Labute approximate surface area is 193 Å². The van der Waals surface area contributed by atoms with E-state index in [4.69, 9.17) is 0 Å². The molecule has 0 aliphatic carbocycles. The fraction of sp³-hybridized carbons (Fsp3) is 0.385. The third kappa shape index (κ3) is 5.42. The fourth-order valence-corrected chi connectivity index (χ4v) is 4.62. The van der Waals surface area contributed by atoms with Crippen LogP contribution in [0.2, 0.25) is 0 Å². The van der Waals surface area contributed by atoms with Crippen molar-refractivity contribution < 1.29 is 18.7 Å². The summed E-state index contributed by atoms with van der Waals surface area (Å²) in [6.07, 6.45) is 3.68. The first-order valence-corrected chi connectivity index (χ1v) is 11.5. The van der Waals surface area contributed by atoms with Crippen LogP contribution < -0.4 is 5.32 Å². The summed E-state index contributed by atoms with van der Waals surface area (Å²) in [5, 5.41) is 4.20. The van der Waals surface area contributed by atoms with Crippen LogP contribution in [0.4, 0.5) is 4.39 Å². The number of esters is 1. The van der Waals surface area contributed by atoms with E-state index >= 15 is 0 Å². The van der Waals surface area contributed by atoms with Gasteiger partial charge in [-0.05, 0) is 48.6 Å². The molecule has 1 aromatic heterocycles. The molecule has 0 saturated carbocycles. The number of ether oxygens (including phenoxy) is 1. The maximum absolute atomic E-state index is 13.6. The third-order valence-corrected chi connectivity index (χ3v) is 6.27. The summed E-state index contributed by atoms with van der Waals surface area (Å²) in [6, 6.07) is 14.6. The Balaban J connectivity index is 1.44. The number of halogens is 1. The van der Waals surface area contributed by atoms with Crippen molar-refractivity contribution in [1.82, 2.24) is 15.2 Å². The lowest BCUT2D eigenvalue weighted by Gasteiger charge is -2.35. The Bertz CT molecular complexity index is 1110. The van der Waals surface area contributed by atoms with Crippen molar-refractivity contribution >= 4 is 22.8 Å². The molecule has 6 nitrogen and oxygen atoms in total. The number of aromatic amines is 1. The van der Waals surface area contributed by atoms with Gasteiger partial charge in [0, 0.05) is 36.1 Å². The average molecular weight is 452 g/mol. The van der Waals surface area contributed by atoms with Gasteiger partial charge in [-0.1, -0.05) is 36.8 Å². The highest BCUT2D eigenvalue weighted by atomic mass is 19.1. The van der Waals surface area contributed by atoms with Gasteiger partial charge in [0.15, 0.2) is 0 Å². The van der Waals surface area contributed by atoms with Crippen molar-refractivity contribution in [2.75, 3.05) is 26.7 Å². The molecule has 0 saturated heterocycles. The Morgan fingerprint density at radius 3 is 2.70 bits per heavy atom. The summed E-state index contributed by atoms with van der Waals surface area (Å²) in [5.41, 5.74) is 4.37. The van der Waals surface area contributed by atoms with Gasteiger partial charge in [0.25, 0.3) is 0 Å². The van der Waals surface area contributed by atoms with E-state index in [1.54, 1.807) is 12.1 Å². The van der Waals surface area contributed by atoms with Crippen molar-refractivity contribution in [1.29, 1.82) is 0 Å². The lowest BCUT2D eigenvalue weighted by Crippen LogP contribution is -2.43. The molecule has 3 aromatic rings. The number of carbonyl (C=O) groups is 2. The molecule has 174 valence electrons. The Hall–Kier alpha value is -3.19. The number of nitrogens with zero attached hydrogens (tertiary/aromatic N) is 1. The zero-order valence-electron chi connectivity index (χ0n) is 18.9. The number of nitrogens with one attached hydrogen (secondary N) is 2. The minimum absolute atomic E-state index is 0.0327. The predicted octanol–water partition coefficient (Wildman–Crippen LogP) is 4.10. The van der Waals surface area contributed by atoms with E-state index in [1.807, 2.05) is 12.1 Å². The molecule has 0 bridgehead atoms. The molecular weight excluding hydrogens is 421 g/mol. The summed E-state index contributed by atoms with van der Waals surface area (Å²) in [4.78, 5) is 29.6. The van der Waals surface area contributed by atoms with Crippen LogP contribution in [-0.4, -0.2) is 48.5 Å². The van der Waals surface area contributed by atoms with Gasteiger partial charge in [-0.2, -0.15) is 0 Å². The summed E-state index contributed by atoms with van der Waals surface area (Å²) in [5.74, 6) is -0.509. The number of para-hydroxylation sites is 1. The van der Waals surface area contributed by atoms with Gasteiger partial charge in [-0.25, -0.2) is 4.39 Å². The number of hydrogen-bond donors (Lipinski definition) is 2. The van der Waals surface area contributed by atoms with Gasteiger partial charge < -0.3 is 15.0 Å². The van der Waals surface area contributed by atoms with E-state index in [2.05, 4.69) is 32.1 Å². The standard InChI is InChI=1S/C26H30FN3O3/c1-33-24(32)9-3-2-6-15-28-23(31)17-30-16-14-21-20-7-4-5-8-22(20)29-25(21)26(30)18-10-12-19(27)13-11-18/h4-5,7-8,10-13,26,29H,2-3,6,9,14-17H2,1H3,(H,28,31). The highest BCUT2D eigenvalue weighted by Gasteiger charge is 2.32. The number of aromatic nitrogens is 1. The topological polar surface area (TPSA) is 74.4 Å². The fourth-order valence-electron chi connectivity index (χ4n) is 4.62. The van der Waals surface area contributed by atoms with E-state index < -0.39 is 0 Å². The number of methoxy groups -OCH3 is 1. The first kappa shape index (κ1) is 23.0. The molecule has 4 rings (SSSR count). The minimum atomic E-state index is -0.275. The Morgan fingerprint density at radius 2 is 1.91 bits per heavy atom. The minimum Gasteiger partial charge on any atom is -0.469 e. The van der Waals surface area contributed by atoms with E-state index in [0.29, 0.717) is 13.0 Å². The van der Waals surface area contributed by atoms with Gasteiger partial charge in [-0.3, -0.25) is 14.5 Å². The van der Waals surface area contributed by atoms with Gasteiger partial charge in [0.2, 0.25) is 5.91 Å². The van der Waals surface area contributed by atoms with Crippen LogP contribution in [0, 0.1) is 5.82 Å². The van der Waals surface area contributed by atoms with E-state index in [-0.39, 0.29) is 30.3 Å². The summed E-state index contributed by atoms with van der Waals surface area (Å²) in [6.45, 7) is 1.58. The molecule has 2 aromatic carbocycles. The molecule has 1 aliphatic heterocycles. The number of benzene rings is 2. The van der Waals surface area contributed by atoms with Crippen LogP contribution in [0.5, 0.6) is 0 Å². The lowest BCUT2D eigenvalue weighted by atomic mass is 9.92. The molecule has 0 spiro atoms. The summed E-state index contributed by atoms with van der Waals surface area (Å²) >= 11 is 0. The molecule has 1 unspecified atom stereocenters. The van der Waals surface area contributed by atoms with Crippen molar-refractivity contribution in [3.05, 3.63) is 71.2 Å². The number of hydrogen-bond acceptors (Lipinski definition) is 4. The maximum Gasteiger partial charge on any atom is 0.305 e. The molecule has 33 heavy (non-hydrogen) atoms. The maximum atomic E-state index is 13.6. The number of unbranched alkanes of at least 4 members (excludes halogenated alkanes) is 2. The second-order valence-electron chi connectivity index (χ2n) is 8.47. The molecular formula is C26H30FN3O3. The van der Waals surface area contributed by atoms with Crippen LogP contribution >= 0.6 is 0 Å². The molecule has 2 N–H and O–H groups in total. The number of amides is 1. The molecule has 0 fully saturated rings. The lowest BCUT2D eigenvalue weighted by molar-refractivity contribution is -0.140. The van der Waals surface area contributed by atoms with Crippen molar-refractivity contribution in [3.8, 4) is 0 Å². The van der Waals surface area contributed by atoms with Crippen LogP contribution in [-0.2, 0) is 20.7 Å². The quantitative estimate of drug-likeness (QED) is 0.379. The smallest absolute Gasteiger partial charge is 0.305 e. The molecule has 1 amide bonds. The second kappa shape index (κ2) is 10.6. The van der Waals surface area contributed by atoms with Crippen LogP contribution in [0.15, 0.2) is 48.5 Å². The largest absolute Gasteiger partial charge is 0.469 e. The normalized spacial score (nSPS) is 15.9. The first-order chi connectivity index (χ1) is 16.1. The molecule has 1 atom stereocenters. The van der Waals surface area contributed by atoms with E-state index in [9.17, 15) is 14.0 Å². The van der Waals surface area contributed by atoms with Crippen molar-refractivity contribution in [3.63, 3.8) is 0 Å². The van der Waals surface area contributed by atoms with E-state index in [0.717, 1.165) is 49.0 Å². The average Bonchev–Trinajstić information content (AvgIpc) is 3.20. The molecule has 2 heterocycles.